The number of hydrogen-bond donors (Lipinski definition) is 1. The Balaban J connectivity index is 3.08. The predicted octanol–water partition coefficient (Wildman–Crippen LogP) is 0.638. The first-order valence-electron chi connectivity index (χ1n) is 12.9. The lowest BCUT2D eigenvalue weighted by Crippen LogP contribution is -2.15. The Labute approximate surface area is 221 Å². The normalized spacial score (nSPS) is 11.2. The summed E-state index contributed by atoms with van der Waals surface area (Å²) >= 11 is 0. The van der Waals surface area contributed by atoms with E-state index in [1.807, 2.05) is 6.92 Å². The van der Waals surface area contributed by atoms with Gasteiger partial charge < -0.3 is 52.5 Å². The SMILES string of the molecule is C=C(CC)C(=O)OCCOCCOCCOCCOCCOCCOCCOCCOCCOCCO. The molecule has 0 radical (unpaired) electrons. The summed E-state index contributed by atoms with van der Waals surface area (Å²) in [5.74, 6) is -0.378. The fourth-order valence-corrected chi connectivity index (χ4v) is 2.37. The second-order valence-electron chi connectivity index (χ2n) is 7.33. The van der Waals surface area contributed by atoms with Crippen LogP contribution < -0.4 is 0 Å². The van der Waals surface area contributed by atoms with Crippen molar-refractivity contribution in [2.24, 2.45) is 0 Å². The van der Waals surface area contributed by atoms with Gasteiger partial charge in [-0.3, -0.25) is 0 Å². The Morgan fingerprint density at radius 2 is 0.730 bits per heavy atom. The number of hydrogen-bond acceptors (Lipinski definition) is 12. The van der Waals surface area contributed by atoms with Gasteiger partial charge in [-0.05, 0) is 6.42 Å². The molecule has 0 amide bonds. The van der Waals surface area contributed by atoms with Gasteiger partial charge in [-0.25, -0.2) is 4.79 Å². The Morgan fingerprint density at radius 3 is 0.973 bits per heavy atom. The first-order chi connectivity index (χ1) is 18.2. The van der Waals surface area contributed by atoms with Gasteiger partial charge in [-0.2, -0.15) is 0 Å². The minimum Gasteiger partial charge on any atom is -0.460 e. The largest absolute Gasteiger partial charge is 0.460 e. The molecule has 220 valence electrons. The van der Waals surface area contributed by atoms with E-state index in [9.17, 15) is 4.79 Å². The lowest BCUT2D eigenvalue weighted by Gasteiger charge is -2.09. The highest BCUT2D eigenvalue weighted by molar-refractivity contribution is 5.87. The van der Waals surface area contributed by atoms with Crippen LogP contribution in [-0.4, -0.2) is 143 Å². The molecule has 0 unspecified atom stereocenters. The van der Waals surface area contributed by atoms with Crippen molar-refractivity contribution in [1.82, 2.24) is 0 Å². The van der Waals surface area contributed by atoms with Crippen LogP contribution >= 0.6 is 0 Å². The standard InChI is InChI=1S/C25H48O12/c1-3-24(2)25(27)37-23-22-36-21-20-35-19-18-34-17-16-33-15-14-32-13-12-31-11-10-30-9-8-29-7-6-28-5-4-26/h26H,2-23H2,1H3. The molecule has 0 aromatic carbocycles. The maximum Gasteiger partial charge on any atom is 0.333 e. The van der Waals surface area contributed by atoms with Crippen molar-refractivity contribution >= 4 is 5.97 Å². The molecule has 0 aliphatic carbocycles. The molecule has 0 rings (SSSR count). The molecule has 0 bridgehead atoms. The summed E-state index contributed by atoms with van der Waals surface area (Å²) in [6.45, 7) is 14.1. The van der Waals surface area contributed by atoms with E-state index in [0.29, 0.717) is 131 Å². The fraction of sp³-hybridized carbons (Fsp3) is 0.880. The van der Waals surface area contributed by atoms with E-state index in [-0.39, 0.29) is 19.2 Å². The number of carbonyl (C=O) groups is 1. The number of aliphatic hydroxyl groups excluding tert-OH is 1. The second-order valence-corrected chi connectivity index (χ2v) is 7.33. The number of esters is 1. The Hall–Kier alpha value is -1.19. The third kappa shape index (κ3) is 29.2. The molecular weight excluding hydrogens is 492 g/mol. The van der Waals surface area contributed by atoms with Gasteiger partial charge in [-0.1, -0.05) is 13.5 Å². The van der Waals surface area contributed by atoms with Crippen molar-refractivity contribution in [1.29, 1.82) is 0 Å². The van der Waals surface area contributed by atoms with Crippen LogP contribution in [0.2, 0.25) is 0 Å². The maximum atomic E-state index is 11.4. The summed E-state index contributed by atoms with van der Waals surface area (Å²) in [5.41, 5.74) is 0.458. The van der Waals surface area contributed by atoms with Crippen LogP contribution in [0.25, 0.3) is 0 Å². The molecule has 37 heavy (non-hydrogen) atoms. The molecule has 0 heterocycles. The van der Waals surface area contributed by atoms with Crippen molar-refractivity contribution in [3.63, 3.8) is 0 Å². The molecule has 12 heteroatoms. The zero-order valence-corrected chi connectivity index (χ0v) is 22.5. The van der Waals surface area contributed by atoms with Crippen LogP contribution in [0.15, 0.2) is 12.2 Å². The highest BCUT2D eigenvalue weighted by atomic mass is 16.6. The fourth-order valence-electron chi connectivity index (χ4n) is 2.37. The number of aliphatic hydroxyl groups is 1. The third-order valence-electron chi connectivity index (χ3n) is 4.39. The Kier molecular flexibility index (Phi) is 30.0. The first kappa shape index (κ1) is 35.8. The second kappa shape index (κ2) is 31.0. The maximum absolute atomic E-state index is 11.4. The van der Waals surface area contributed by atoms with Gasteiger partial charge in [0.1, 0.15) is 6.61 Å². The highest BCUT2D eigenvalue weighted by Gasteiger charge is 2.05. The minimum absolute atomic E-state index is 0.0231. The topological polar surface area (TPSA) is 130 Å². The van der Waals surface area contributed by atoms with Crippen LogP contribution in [0.3, 0.4) is 0 Å². The molecule has 0 fully saturated rings. The van der Waals surface area contributed by atoms with Crippen molar-refractivity contribution in [2.45, 2.75) is 13.3 Å². The van der Waals surface area contributed by atoms with Crippen molar-refractivity contribution in [2.75, 3.05) is 132 Å². The molecule has 0 aromatic rings. The van der Waals surface area contributed by atoms with E-state index >= 15 is 0 Å². The van der Waals surface area contributed by atoms with Crippen molar-refractivity contribution < 1.29 is 57.3 Å². The molecular formula is C25H48O12. The minimum atomic E-state index is -0.378. The van der Waals surface area contributed by atoms with E-state index < -0.39 is 0 Å². The highest BCUT2D eigenvalue weighted by Crippen LogP contribution is 1.99. The molecule has 1 N–H and O–H groups in total. The lowest BCUT2D eigenvalue weighted by molar-refractivity contribution is -0.140. The molecule has 0 atom stereocenters. The molecule has 0 aliphatic heterocycles. The van der Waals surface area contributed by atoms with E-state index in [4.69, 9.17) is 52.5 Å². The number of rotatable bonds is 31. The van der Waals surface area contributed by atoms with Gasteiger partial charge in [0.05, 0.1) is 126 Å². The van der Waals surface area contributed by atoms with E-state index in [1.54, 1.807) is 0 Å². The summed E-state index contributed by atoms with van der Waals surface area (Å²) < 4.78 is 53.2. The average molecular weight is 541 g/mol. The molecule has 0 saturated heterocycles. The predicted molar refractivity (Wildman–Crippen MR) is 135 cm³/mol. The summed E-state index contributed by atoms with van der Waals surface area (Å²) in [6, 6.07) is 0. The zero-order chi connectivity index (χ0) is 27.1. The van der Waals surface area contributed by atoms with E-state index in [1.165, 1.54) is 0 Å². The van der Waals surface area contributed by atoms with E-state index in [0.717, 1.165) is 0 Å². The Morgan fingerprint density at radius 1 is 0.486 bits per heavy atom. The zero-order valence-electron chi connectivity index (χ0n) is 22.5. The molecule has 12 nitrogen and oxygen atoms in total. The quantitative estimate of drug-likeness (QED) is 0.0752. The average Bonchev–Trinajstić information content (AvgIpc) is 2.91. The van der Waals surface area contributed by atoms with Gasteiger partial charge in [0.15, 0.2) is 0 Å². The van der Waals surface area contributed by atoms with Crippen molar-refractivity contribution in [3.05, 3.63) is 12.2 Å². The van der Waals surface area contributed by atoms with E-state index in [2.05, 4.69) is 6.58 Å². The van der Waals surface area contributed by atoms with Crippen LogP contribution in [0.1, 0.15) is 13.3 Å². The smallest absolute Gasteiger partial charge is 0.333 e. The summed E-state index contributed by atoms with van der Waals surface area (Å²) in [4.78, 5) is 11.4. The van der Waals surface area contributed by atoms with Crippen LogP contribution in [-0.2, 0) is 52.2 Å². The summed E-state index contributed by atoms with van der Waals surface area (Å²) in [6.07, 6.45) is 0.578. The lowest BCUT2D eigenvalue weighted by atomic mass is 10.2. The van der Waals surface area contributed by atoms with Crippen LogP contribution in [0.4, 0.5) is 0 Å². The summed E-state index contributed by atoms with van der Waals surface area (Å²) in [7, 11) is 0. The molecule has 0 saturated carbocycles. The van der Waals surface area contributed by atoms with Gasteiger partial charge in [-0.15, -0.1) is 0 Å². The first-order valence-corrected chi connectivity index (χ1v) is 12.9. The van der Waals surface area contributed by atoms with Crippen LogP contribution in [0, 0.1) is 0 Å². The summed E-state index contributed by atoms with van der Waals surface area (Å²) in [5, 5.41) is 8.55. The number of ether oxygens (including phenoxy) is 10. The van der Waals surface area contributed by atoms with Crippen LogP contribution in [0.5, 0.6) is 0 Å². The molecule has 0 spiro atoms. The monoisotopic (exact) mass is 540 g/mol. The third-order valence-corrected chi connectivity index (χ3v) is 4.39. The van der Waals surface area contributed by atoms with Gasteiger partial charge in [0, 0.05) is 5.57 Å². The van der Waals surface area contributed by atoms with Gasteiger partial charge in [0.2, 0.25) is 0 Å². The van der Waals surface area contributed by atoms with Gasteiger partial charge in [0.25, 0.3) is 0 Å². The Bertz CT molecular complexity index is 492. The van der Waals surface area contributed by atoms with Gasteiger partial charge >= 0.3 is 5.97 Å². The van der Waals surface area contributed by atoms with Crippen molar-refractivity contribution in [3.8, 4) is 0 Å². The molecule has 0 aromatic heterocycles. The number of carbonyl (C=O) groups excluding carboxylic acids is 1. The molecule has 0 aliphatic rings.